The zero-order valence-electron chi connectivity index (χ0n) is 34.8. The molecule has 0 spiro atoms. The molecule has 0 bridgehead atoms. The van der Waals surface area contributed by atoms with Crippen LogP contribution in [0.3, 0.4) is 0 Å². The summed E-state index contributed by atoms with van der Waals surface area (Å²) in [4.78, 5) is 13.0. The third-order valence-corrected chi connectivity index (χ3v) is 10.0. The van der Waals surface area contributed by atoms with E-state index in [-0.39, 0.29) is 6.42 Å². The van der Waals surface area contributed by atoms with Gasteiger partial charge >= 0.3 is 5.97 Å². The van der Waals surface area contributed by atoms with E-state index in [1.807, 2.05) is 0 Å². The minimum atomic E-state index is -1.00. The minimum Gasteiger partial charge on any atom is -0.481 e. The number of hydrogen-bond donors (Lipinski definition) is 2. The van der Waals surface area contributed by atoms with Gasteiger partial charge in [-0.25, -0.2) is 0 Å². The monoisotopic (exact) mass is 730 g/mol. The highest BCUT2D eigenvalue weighted by atomic mass is 16.6. The Bertz CT molecular complexity index is 815. The normalized spacial score (nSPS) is 13.6. The fourth-order valence-corrected chi connectivity index (χ4v) is 6.59. The van der Waals surface area contributed by atoms with Crippen molar-refractivity contribution in [3.8, 4) is 0 Å². The van der Waals surface area contributed by atoms with Gasteiger partial charge in [0.15, 0.2) is 5.79 Å². The van der Waals surface area contributed by atoms with Crippen LogP contribution in [0.1, 0.15) is 213 Å². The van der Waals surface area contributed by atoms with Crippen LogP contribution in [0, 0.1) is 0 Å². The number of aliphatic hydroxyl groups is 1. The van der Waals surface area contributed by atoms with Crippen LogP contribution in [-0.2, 0) is 9.53 Å². The summed E-state index contributed by atoms with van der Waals surface area (Å²) in [5.41, 5.74) is 0. The summed E-state index contributed by atoms with van der Waals surface area (Å²) in [6.45, 7) is 7.01. The number of ether oxygens (including phenoxy) is 1. The van der Waals surface area contributed by atoms with Crippen LogP contribution < -0.4 is 0 Å². The van der Waals surface area contributed by atoms with Crippen LogP contribution in [0.15, 0.2) is 48.6 Å². The van der Waals surface area contributed by atoms with Crippen molar-refractivity contribution in [2.75, 3.05) is 26.7 Å². The number of carbonyl (C=O) groups is 1. The summed E-state index contributed by atoms with van der Waals surface area (Å²) in [6, 6.07) is 0. The van der Waals surface area contributed by atoms with Gasteiger partial charge in [0.2, 0.25) is 0 Å². The summed E-state index contributed by atoms with van der Waals surface area (Å²) in [5.74, 6) is -1.70. The molecular weight excluding hydrogens is 643 g/mol. The van der Waals surface area contributed by atoms with E-state index in [1.165, 1.54) is 128 Å². The number of carboxylic acid groups (broad SMARTS) is 1. The third-order valence-electron chi connectivity index (χ3n) is 10.0. The van der Waals surface area contributed by atoms with Gasteiger partial charge in [0, 0.05) is 25.8 Å². The molecule has 0 fully saturated rings. The Morgan fingerprint density at radius 3 is 1.35 bits per heavy atom. The molecule has 5 heteroatoms. The Labute approximate surface area is 323 Å². The molecule has 52 heavy (non-hydrogen) atoms. The van der Waals surface area contributed by atoms with Crippen molar-refractivity contribution in [2.45, 2.75) is 219 Å². The Hall–Kier alpha value is -1.69. The summed E-state index contributed by atoms with van der Waals surface area (Å²) >= 11 is 0. The average molecular weight is 730 g/mol. The predicted molar refractivity (Wildman–Crippen MR) is 227 cm³/mol. The van der Waals surface area contributed by atoms with Gasteiger partial charge in [-0.3, -0.25) is 4.79 Å². The summed E-state index contributed by atoms with van der Waals surface area (Å²) in [6.07, 6.45) is 53.4. The Morgan fingerprint density at radius 2 is 0.904 bits per heavy atom. The van der Waals surface area contributed by atoms with Gasteiger partial charge in [0.05, 0.1) is 6.61 Å². The maximum Gasteiger partial charge on any atom is 0.303 e. The highest BCUT2D eigenvalue weighted by Gasteiger charge is 2.26. The quantitative estimate of drug-likeness (QED) is 0.0372. The van der Waals surface area contributed by atoms with Gasteiger partial charge in [0.25, 0.3) is 0 Å². The van der Waals surface area contributed by atoms with Crippen LogP contribution in [0.2, 0.25) is 0 Å². The lowest BCUT2D eigenvalue weighted by Crippen LogP contribution is -2.33. The average Bonchev–Trinajstić information content (AvgIpc) is 3.13. The second-order valence-corrected chi connectivity index (χ2v) is 15.3. The van der Waals surface area contributed by atoms with E-state index in [0.29, 0.717) is 6.61 Å². The van der Waals surface area contributed by atoms with Crippen molar-refractivity contribution >= 4 is 5.97 Å². The SMILES string of the molecule is CCCCCC=CCC=CCCCCCCCCC(O)(CCCCCCCCC=CCC=CCCCCC)OCCCN(C)CCCCCC(=O)O. The molecule has 0 saturated heterocycles. The van der Waals surface area contributed by atoms with Crippen molar-refractivity contribution in [3.05, 3.63) is 48.6 Å². The van der Waals surface area contributed by atoms with E-state index in [9.17, 15) is 9.90 Å². The molecule has 0 aliphatic heterocycles. The molecule has 0 heterocycles. The van der Waals surface area contributed by atoms with Crippen molar-refractivity contribution in [1.82, 2.24) is 4.90 Å². The standard InChI is InChI=1S/C47H87NO4/c1-4-6-8-10-12-14-16-18-20-22-24-26-28-30-32-36-41-47(51,52-45-39-44-48(3)43-38-34-35-40-46(49)50)42-37-33-31-29-27-25-23-21-19-17-15-13-11-9-7-5-2/h12-15,18-21,51H,4-11,16-17,22-45H2,1-3H3,(H,49,50). The molecule has 0 aromatic carbocycles. The highest BCUT2D eigenvalue weighted by molar-refractivity contribution is 5.66. The van der Waals surface area contributed by atoms with Gasteiger partial charge in [-0.1, -0.05) is 146 Å². The molecule has 0 aliphatic carbocycles. The molecule has 0 amide bonds. The highest BCUT2D eigenvalue weighted by Crippen LogP contribution is 2.25. The van der Waals surface area contributed by atoms with Crippen LogP contribution >= 0.6 is 0 Å². The fourth-order valence-electron chi connectivity index (χ4n) is 6.59. The first-order valence-corrected chi connectivity index (χ1v) is 22.3. The maximum absolute atomic E-state index is 11.5. The van der Waals surface area contributed by atoms with Gasteiger partial charge in [-0.15, -0.1) is 0 Å². The molecule has 304 valence electrons. The molecule has 0 aliphatic rings. The molecule has 0 saturated carbocycles. The lowest BCUT2D eigenvalue weighted by molar-refractivity contribution is -0.214. The Morgan fingerprint density at radius 1 is 0.519 bits per heavy atom. The maximum atomic E-state index is 11.5. The van der Waals surface area contributed by atoms with Crippen LogP contribution in [-0.4, -0.2) is 53.6 Å². The molecule has 0 rings (SSSR count). The lowest BCUT2D eigenvalue weighted by Gasteiger charge is -2.29. The van der Waals surface area contributed by atoms with Gasteiger partial charge in [0.1, 0.15) is 0 Å². The number of carboxylic acids is 1. The topological polar surface area (TPSA) is 70.0 Å². The summed E-state index contributed by atoms with van der Waals surface area (Å²) in [5, 5.41) is 20.4. The third kappa shape index (κ3) is 39.5. The smallest absolute Gasteiger partial charge is 0.303 e. The number of hydrogen-bond acceptors (Lipinski definition) is 4. The van der Waals surface area contributed by atoms with Crippen molar-refractivity contribution < 1.29 is 19.7 Å². The van der Waals surface area contributed by atoms with E-state index in [4.69, 9.17) is 9.84 Å². The van der Waals surface area contributed by atoms with E-state index >= 15 is 0 Å². The largest absolute Gasteiger partial charge is 0.481 e. The number of unbranched alkanes of at least 4 members (excludes halogenated alkanes) is 20. The summed E-state index contributed by atoms with van der Waals surface area (Å²) < 4.78 is 6.24. The molecule has 0 unspecified atom stereocenters. The van der Waals surface area contributed by atoms with Gasteiger partial charge in [-0.2, -0.15) is 0 Å². The molecule has 0 aromatic rings. The van der Waals surface area contributed by atoms with Crippen LogP contribution in [0.25, 0.3) is 0 Å². The summed E-state index contributed by atoms with van der Waals surface area (Å²) in [7, 11) is 2.12. The van der Waals surface area contributed by atoms with E-state index in [2.05, 4.69) is 74.4 Å². The van der Waals surface area contributed by atoms with E-state index < -0.39 is 11.8 Å². The lowest BCUT2D eigenvalue weighted by atomic mass is 9.98. The predicted octanol–water partition coefficient (Wildman–Crippen LogP) is 14.1. The molecule has 0 radical (unpaired) electrons. The number of allylic oxidation sites excluding steroid dienone is 8. The molecule has 0 atom stereocenters. The first kappa shape index (κ1) is 50.3. The first-order valence-electron chi connectivity index (χ1n) is 22.3. The van der Waals surface area contributed by atoms with Crippen LogP contribution in [0.4, 0.5) is 0 Å². The second-order valence-electron chi connectivity index (χ2n) is 15.3. The number of rotatable bonds is 41. The van der Waals surface area contributed by atoms with Crippen molar-refractivity contribution in [1.29, 1.82) is 0 Å². The van der Waals surface area contributed by atoms with Gasteiger partial charge < -0.3 is 19.8 Å². The first-order chi connectivity index (χ1) is 25.4. The van der Waals surface area contributed by atoms with Gasteiger partial charge in [-0.05, 0) is 110 Å². The molecule has 0 aromatic heterocycles. The van der Waals surface area contributed by atoms with Crippen molar-refractivity contribution in [2.24, 2.45) is 0 Å². The zero-order valence-corrected chi connectivity index (χ0v) is 34.8. The second kappa shape index (κ2) is 40.5. The fraction of sp³-hybridized carbons (Fsp3) is 0.809. The molecular formula is C47H87NO4. The molecule has 5 nitrogen and oxygen atoms in total. The molecule has 2 N–H and O–H groups in total. The Kier molecular flexibility index (Phi) is 39.2. The van der Waals surface area contributed by atoms with E-state index in [0.717, 1.165) is 77.3 Å². The number of nitrogens with zero attached hydrogens (tertiary/aromatic N) is 1. The zero-order chi connectivity index (χ0) is 38.1. The van der Waals surface area contributed by atoms with Crippen molar-refractivity contribution in [3.63, 3.8) is 0 Å². The Balaban J connectivity index is 4.29. The van der Waals surface area contributed by atoms with Crippen LogP contribution in [0.5, 0.6) is 0 Å². The number of aliphatic carboxylic acids is 1. The van der Waals surface area contributed by atoms with E-state index in [1.54, 1.807) is 0 Å². The minimum absolute atomic E-state index is 0.264.